The van der Waals surface area contributed by atoms with E-state index in [4.69, 9.17) is 0 Å². The van der Waals surface area contributed by atoms with Gasteiger partial charge in [-0.05, 0) is 30.6 Å². The van der Waals surface area contributed by atoms with Crippen LogP contribution in [0.5, 0.6) is 0 Å². The summed E-state index contributed by atoms with van der Waals surface area (Å²) in [4.78, 5) is 0. The lowest BCUT2D eigenvalue weighted by atomic mass is 9.47. The molecule has 1 saturated carbocycles. The van der Waals surface area contributed by atoms with Crippen molar-refractivity contribution in [1.29, 1.82) is 0 Å². The van der Waals surface area contributed by atoms with E-state index in [1.165, 1.54) is 6.42 Å². The summed E-state index contributed by atoms with van der Waals surface area (Å²) >= 11 is 0. The molecule has 11 heavy (non-hydrogen) atoms. The zero-order valence-electron chi connectivity index (χ0n) is 7.46. The first-order chi connectivity index (χ1) is 4.94. The molecule has 0 aromatic carbocycles. The van der Waals surface area contributed by atoms with E-state index in [9.17, 15) is 5.11 Å². The topological polar surface area (TPSA) is 20.2 Å². The van der Waals surface area contributed by atoms with Crippen LogP contribution in [0.25, 0.3) is 0 Å². The normalized spacial score (nSPS) is 52.0. The van der Waals surface area contributed by atoms with Crippen molar-refractivity contribution in [3.8, 4) is 0 Å². The first kappa shape index (κ1) is 7.35. The molecule has 1 nitrogen and oxygen atoms in total. The van der Waals surface area contributed by atoms with Crippen molar-refractivity contribution in [2.24, 2.45) is 17.3 Å². The standard InChI is InChI=1S/C10H16O/c1-9(2)7-4-5-10(3,11)8(9)6-7/h4-5,7-8,11H,6H2,1-3H3/t7-,8+,10+/m0/s1. The van der Waals surface area contributed by atoms with Crippen LogP contribution in [0, 0.1) is 17.3 Å². The van der Waals surface area contributed by atoms with E-state index in [-0.39, 0.29) is 0 Å². The van der Waals surface area contributed by atoms with Crippen LogP contribution in [-0.4, -0.2) is 10.7 Å². The third-order valence-corrected chi connectivity index (χ3v) is 3.71. The van der Waals surface area contributed by atoms with E-state index in [2.05, 4.69) is 19.9 Å². The van der Waals surface area contributed by atoms with Gasteiger partial charge in [0.25, 0.3) is 0 Å². The predicted octanol–water partition coefficient (Wildman–Crippen LogP) is 1.97. The molecule has 0 saturated heterocycles. The van der Waals surface area contributed by atoms with E-state index >= 15 is 0 Å². The average Bonchev–Trinajstić information content (AvgIpc) is 1.84. The van der Waals surface area contributed by atoms with Gasteiger partial charge in [-0.25, -0.2) is 0 Å². The first-order valence-corrected chi connectivity index (χ1v) is 4.36. The third-order valence-electron chi connectivity index (χ3n) is 3.71. The van der Waals surface area contributed by atoms with Crippen LogP contribution in [0.15, 0.2) is 12.2 Å². The largest absolute Gasteiger partial charge is 0.386 e. The molecule has 0 heterocycles. The van der Waals surface area contributed by atoms with Crippen LogP contribution in [0.2, 0.25) is 0 Å². The maximum atomic E-state index is 9.93. The van der Waals surface area contributed by atoms with Crippen LogP contribution >= 0.6 is 0 Å². The van der Waals surface area contributed by atoms with Crippen molar-refractivity contribution in [2.75, 3.05) is 0 Å². The fraction of sp³-hybridized carbons (Fsp3) is 0.800. The average molecular weight is 152 g/mol. The van der Waals surface area contributed by atoms with Gasteiger partial charge in [0.2, 0.25) is 0 Å². The number of rotatable bonds is 0. The summed E-state index contributed by atoms with van der Waals surface area (Å²) in [7, 11) is 0. The highest BCUT2D eigenvalue weighted by atomic mass is 16.3. The molecule has 3 rings (SSSR count). The Hall–Kier alpha value is -0.300. The van der Waals surface area contributed by atoms with Gasteiger partial charge in [-0.2, -0.15) is 0 Å². The second-order valence-electron chi connectivity index (χ2n) is 4.80. The zero-order valence-corrected chi connectivity index (χ0v) is 7.46. The Balaban J connectivity index is 2.36. The van der Waals surface area contributed by atoms with Gasteiger partial charge in [0.1, 0.15) is 0 Å². The van der Waals surface area contributed by atoms with Crippen molar-refractivity contribution < 1.29 is 5.11 Å². The predicted molar refractivity (Wildman–Crippen MR) is 45.1 cm³/mol. The van der Waals surface area contributed by atoms with Gasteiger partial charge >= 0.3 is 0 Å². The van der Waals surface area contributed by atoms with Crippen LogP contribution in [0.3, 0.4) is 0 Å². The monoisotopic (exact) mass is 152 g/mol. The molecule has 3 aliphatic carbocycles. The van der Waals surface area contributed by atoms with Crippen molar-refractivity contribution in [1.82, 2.24) is 0 Å². The van der Waals surface area contributed by atoms with Crippen molar-refractivity contribution in [3.05, 3.63) is 12.2 Å². The summed E-state index contributed by atoms with van der Waals surface area (Å²) in [5.41, 5.74) is -0.212. The summed E-state index contributed by atoms with van der Waals surface area (Å²) in [6.45, 7) is 6.43. The van der Waals surface area contributed by atoms with E-state index in [0.29, 0.717) is 17.3 Å². The molecule has 0 aromatic rings. The molecule has 2 bridgehead atoms. The molecule has 0 aromatic heterocycles. The van der Waals surface area contributed by atoms with Crippen molar-refractivity contribution in [3.63, 3.8) is 0 Å². The van der Waals surface area contributed by atoms with Crippen molar-refractivity contribution >= 4 is 0 Å². The third kappa shape index (κ3) is 0.750. The number of hydrogen-bond acceptors (Lipinski definition) is 1. The van der Waals surface area contributed by atoms with E-state index in [0.717, 1.165) is 0 Å². The minimum absolute atomic E-state index is 0.332. The second kappa shape index (κ2) is 1.71. The Morgan fingerprint density at radius 1 is 1.36 bits per heavy atom. The molecule has 1 heteroatoms. The van der Waals surface area contributed by atoms with Gasteiger partial charge in [0.05, 0.1) is 5.60 Å². The van der Waals surface area contributed by atoms with Gasteiger partial charge in [0.15, 0.2) is 0 Å². The Kier molecular flexibility index (Phi) is 1.15. The molecular weight excluding hydrogens is 136 g/mol. The van der Waals surface area contributed by atoms with E-state index in [1.54, 1.807) is 0 Å². The van der Waals surface area contributed by atoms with Crippen LogP contribution in [0.1, 0.15) is 27.2 Å². The smallest absolute Gasteiger partial charge is 0.0833 e. The van der Waals surface area contributed by atoms with Gasteiger partial charge < -0.3 is 5.11 Å². The molecule has 3 atom stereocenters. The molecule has 1 fully saturated rings. The molecule has 0 unspecified atom stereocenters. The van der Waals surface area contributed by atoms with Crippen LogP contribution < -0.4 is 0 Å². The van der Waals surface area contributed by atoms with Gasteiger partial charge in [-0.15, -0.1) is 0 Å². The molecule has 0 amide bonds. The molecule has 0 aliphatic heterocycles. The zero-order chi connectivity index (χ0) is 8.28. The summed E-state index contributed by atoms with van der Waals surface area (Å²) in [6, 6.07) is 0. The highest BCUT2D eigenvalue weighted by Crippen LogP contribution is 2.59. The van der Waals surface area contributed by atoms with Crippen LogP contribution in [-0.2, 0) is 0 Å². The summed E-state index contributed by atoms with van der Waals surface area (Å²) in [5, 5.41) is 9.93. The molecule has 3 aliphatic rings. The number of hydrogen-bond donors (Lipinski definition) is 1. The highest BCUT2D eigenvalue weighted by Gasteiger charge is 2.56. The summed E-state index contributed by atoms with van der Waals surface area (Å²) in [6.07, 6.45) is 5.33. The molecule has 0 radical (unpaired) electrons. The minimum Gasteiger partial charge on any atom is -0.386 e. The molecule has 0 spiro atoms. The fourth-order valence-corrected chi connectivity index (χ4v) is 2.70. The maximum absolute atomic E-state index is 9.93. The summed E-state index contributed by atoms with van der Waals surface area (Å²) in [5.74, 6) is 1.19. The first-order valence-electron chi connectivity index (χ1n) is 4.36. The Labute approximate surface area is 68.1 Å². The maximum Gasteiger partial charge on any atom is 0.0833 e. The highest BCUT2D eigenvalue weighted by molar-refractivity contribution is 5.22. The molecule has 62 valence electrons. The number of allylic oxidation sites excluding steroid dienone is 1. The van der Waals surface area contributed by atoms with Gasteiger partial charge in [0, 0.05) is 0 Å². The lowest BCUT2D eigenvalue weighted by Crippen LogP contribution is -2.57. The Bertz CT molecular complexity index is 213. The van der Waals surface area contributed by atoms with Gasteiger partial charge in [-0.3, -0.25) is 0 Å². The summed E-state index contributed by atoms with van der Waals surface area (Å²) < 4.78 is 0. The number of fused-ring (bicyclic) bond motifs is 1. The SMILES string of the molecule is CC1(C)[C@H]2C[C@@H]1C=C[C@@]2(C)O. The lowest BCUT2D eigenvalue weighted by Gasteiger charge is -2.59. The minimum atomic E-state index is -0.543. The molecular formula is C10H16O. The Morgan fingerprint density at radius 2 is 2.00 bits per heavy atom. The van der Waals surface area contributed by atoms with Crippen LogP contribution in [0.4, 0.5) is 0 Å². The quantitative estimate of drug-likeness (QED) is 0.526. The number of aliphatic hydroxyl groups is 1. The second-order valence-corrected chi connectivity index (χ2v) is 4.80. The fourth-order valence-electron chi connectivity index (χ4n) is 2.70. The van der Waals surface area contributed by atoms with E-state index in [1.807, 2.05) is 13.0 Å². The van der Waals surface area contributed by atoms with Crippen molar-refractivity contribution in [2.45, 2.75) is 32.8 Å². The Morgan fingerprint density at radius 3 is 2.27 bits per heavy atom. The van der Waals surface area contributed by atoms with E-state index < -0.39 is 5.60 Å². The lowest BCUT2D eigenvalue weighted by molar-refractivity contribution is -0.121. The van der Waals surface area contributed by atoms with Gasteiger partial charge in [-0.1, -0.05) is 26.0 Å². The molecule has 1 N–H and O–H groups in total.